The van der Waals surface area contributed by atoms with Crippen molar-refractivity contribution in [3.63, 3.8) is 0 Å². The van der Waals surface area contributed by atoms with Gasteiger partial charge >= 0.3 is 0 Å². The van der Waals surface area contributed by atoms with Crippen LogP contribution in [0.2, 0.25) is 0 Å². The molecule has 1 aliphatic rings. The van der Waals surface area contributed by atoms with Crippen LogP contribution < -0.4 is 5.32 Å². The molecule has 1 N–H and O–H groups in total. The van der Waals surface area contributed by atoms with E-state index in [9.17, 15) is 0 Å². The Kier molecular flexibility index (Phi) is 4.14. The maximum absolute atomic E-state index is 4.89. The summed E-state index contributed by atoms with van der Waals surface area (Å²) in [5, 5.41) is 7.21. The Bertz CT molecular complexity index is 626. The van der Waals surface area contributed by atoms with E-state index < -0.39 is 0 Å². The van der Waals surface area contributed by atoms with Crippen LogP contribution in [0.5, 0.6) is 0 Å². The van der Waals surface area contributed by atoms with E-state index in [-0.39, 0.29) is 6.04 Å². The Morgan fingerprint density at radius 3 is 2.62 bits per heavy atom. The molecule has 3 heteroatoms. The molecule has 0 spiro atoms. The maximum Gasteiger partial charge on any atom is 0.114 e. The molecule has 1 fully saturated rings. The molecule has 1 aromatic carbocycles. The van der Waals surface area contributed by atoms with Crippen LogP contribution in [0.4, 0.5) is 0 Å². The molecule has 1 heterocycles. The van der Waals surface area contributed by atoms with Crippen LogP contribution in [0.1, 0.15) is 66.0 Å². The van der Waals surface area contributed by atoms with Crippen LogP contribution in [-0.4, -0.2) is 11.0 Å². The summed E-state index contributed by atoms with van der Waals surface area (Å²) in [6, 6.07) is 7.51. The van der Waals surface area contributed by atoms with Crippen LogP contribution in [-0.2, 0) is 0 Å². The minimum atomic E-state index is 0.245. The standard InChI is InChI=1S/C18H24N2S/c1-11(2)16-10-21-18(20-16)17(19-14-8-9-14)15-7-5-6-12(3)13(15)4/h5-7,10-11,14,17,19H,8-9H2,1-4H3. The lowest BCUT2D eigenvalue weighted by atomic mass is 9.97. The fourth-order valence-electron chi connectivity index (χ4n) is 2.56. The molecular formula is C18H24N2S. The number of aryl methyl sites for hydroxylation is 1. The number of nitrogens with zero attached hydrogens (tertiary/aromatic N) is 1. The van der Waals surface area contributed by atoms with Gasteiger partial charge < -0.3 is 5.32 Å². The van der Waals surface area contributed by atoms with Crippen molar-refractivity contribution in [2.45, 2.75) is 58.5 Å². The fraction of sp³-hybridized carbons (Fsp3) is 0.500. The van der Waals surface area contributed by atoms with Gasteiger partial charge in [-0.2, -0.15) is 0 Å². The smallest absolute Gasteiger partial charge is 0.114 e. The van der Waals surface area contributed by atoms with Crippen molar-refractivity contribution in [3.8, 4) is 0 Å². The first-order valence-electron chi connectivity index (χ1n) is 7.83. The lowest BCUT2D eigenvalue weighted by molar-refractivity contribution is 0.592. The monoisotopic (exact) mass is 300 g/mol. The Hall–Kier alpha value is -1.19. The van der Waals surface area contributed by atoms with Crippen LogP contribution in [0.3, 0.4) is 0 Å². The predicted molar refractivity (Wildman–Crippen MR) is 90.1 cm³/mol. The van der Waals surface area contributed by atoms with Gasteiger partial charge in [-0.3, -0.25) is 0 Å². The molecule has 2 aromatic rings. The summed E-state index contributed by atoms with van der Waals surface area (Å²) < 4.78 is 0. The molecule has 1 saturated carbocycles. The summed E-state index contributed by atoms with van der Waals surface area (Å²) in [5.41, 5.74) is 5.34. The van der Waals surface area contributed by atoms with Crippen molar-refractivity contribution in [2.75, 3.05) is 0 Å². The minimum absolute atomic E-state index is 0.245. The average Bonchev–Trinajstić information content (AvgIpc) is 3.13. The highest BCUT2D eigenvalue weighted by molar-refractivity contribution is 7.09. The first-order valence-corrected chi connectivity index (χ1v) is 8.71. The summed E-state index contributed by atoms with van der Waals surface area (Å²) in [4.78, 5) is 4.89. The second kappa shape index (κ2) is 5.90. The van der Waals surface area contributed by atoms with Crippen LogP contribution in [0.15, 0.2) is 23.6 Å². The van der Waals surface area contributed by atoms with Crippen molar-refractivity contribution >= 4 is 11.3 Å². The molecule has 1 aliphatic carbocycles. The molecular weight excluding hydrogens is 276 g/mol. The van der Waals surface area contributed by atoms with E-state index in [4.69, 9.17) is 4.98 Å². The molecule has 112 valence electrons. The summed E-state index contributed by atoms with van der Waals surface area (Å²) in [7, 11) is 0. The predicted octanol–water partition coefficient (Wildman–Crippen LogP) is 4.72. The Balaban J connectivity index is 1.98. The van der Waals surface area contributed by atoms with E-state index in [1.807, 2.05) is 0 Å². The third-order valence-corrected chi connectivity index (χ3v) is 5.24. The number of thiazole rings is 1. The van der Waals surface area contributed by atoms with Crippen LogP contribution in [0.25, 0.3) is 0 Å². The SMILES string of the molecule is Cc1cccc(C(NC2CC2)c2nc(C(C)C)cs2)c1C. The van der Waals surface area contributed by atoms with E-state index in [0.717, 1.165) is 0 Å². The van der Waals surface area contributed by atoms with Gasteiger partial charge in [0.2, 0.25) is 0 Å². The van der Waals surface area contributed by atoms with Gasteiger partial charge in [0.1, 0.15) is 5.01 Å². The molecule has 0 radical (unpaired) electrons. The van der Waals surface area contributed by atoms with Gasteiger partial charge in [0, 0.05) is 11.4 Å². The lowest BCUT2D eigenvalue weighted by Crippen LogP contribution is -2.25. The summed E-state index contributed by atoms with van der Waals surface area (Å²) in [6.45, 7) is 8.83. The van der Waals surface area contributed by atoms with E-state index in [1.165, 1.54) is 40.2 Å². The number of hydrogen-bond donors (Lipinski definition) is 1. The molecule has 0 amide bonds. The second-order valence-electron chi connectivity index (χ2n) is 6.43. The number of nitrogens with one attached hydrogen (secondary N) is 1. The Labute approximate surface area is 131 Å². The van der Waals surface area contributed by atoms with Crippen molar-refractivity contribution in [1.29, 1.82) is 0 Å². The minimum Gasteiger partial charge on any atom is -0.301 e. The highest BCUT2D eigenvalue weighted by Crippen LogP contribution is 2.33. The second-order valence-corrected chi connectivity index (χ2v) is 7.32. The zero-order chi connectivity index (χ0) is 15.0. The largest absolute Gasteiger partial charge is 0.301 e. The first-order chi connectivity index (χ1) is 10.1. The van der Waals surface area contributed by atoms with E-state index in [1.54, 1.807) is 11.3 Å². The molecule has 0 bridgehead atoms. The van der Waals surface area contributed by atoms with Gasteiger partial charge in [0.05, 0.1) is 11.7 Å². The fourth-order valence-corrected chi connectivity index (χ4v) is 3.62. The van der Waals surface area contributed by atoms with Crippen LogP contribution in [0, 0.1) is 13.8 Å². The third kappa shape index (κ3) is 3.19. The number of aromatic nitrogens is 1. The molecule has 21 heavy (non-hydrogen) atoms. The normalized spacial score (nSPS) is 16.4. The maximum atomic E-state index is 4.89. The topological polar surface area (TPSA) is 24.9 Å². The number of hydrogen-bond acceptors (Lipinski definition) is 3. The molecule has 0 aliphatic heterocycles. The quantitative estimate of drug-likeness (QED) is 0.864. The summed E-state index contributed by atoms with van der Waals surface area (Å²) >= 11 is 1.79. The van der Waals surface area contributed by atoms with Gasteiger partial charge in [-0.05, 0) is 49.3 Å². The highest BCUT2D eigenvalue weighted by atomic mass is 32.1. The molecule has 1 unspecified atom stereocenters. The van der Waals surface area contributed by atoms with Gasteiger partial charge in [-0.25, -0.2) is 4.98 Å². The van der Waals surface area contributed by atoms with Gasteiger partial charge in [0.25, 0.3) is 0 Å². The molecule has 1 aromatic heterocycles. The van der Waals surface area contributed by atoms with Gasteiger partial charge in [0.15, 0.2) is 0 Å². The zero-order valence-electron chi connectivity index (χ0n) is 13.3. The van der Waals surface area contributed by atoms with Gasteiger partial charge in [-0.15, -0.1) is 11.3 Å². The van der Waals surface area contributed by atoms with Crippen molar-refractivity contribution in [3.05, 3.63) is 51.0 Å². The molecule has 1 atom stereocenters. The lowest BCUT2D eigenvalue weighted by Gasteiger charge is -2.20. The summed E-state index contributed by atoms with van der Waals surface area (Å²) in [5.74, 6) is 0.496. The van der Waals surface area contributed by atoms with Crippen LogP contribution >= 0.6 is 11.3 Å². The molecule has 0 saturated heterocycles. The van der Waals surface area contributed by atoms with Gasteiger partial charge in [-0.1, -0.05) is 32.0 Å². The molecule has 3 rings (SSSR count). The van der Waals surface area contributed by atoms with Crippen molar-refractivity contribution in [1.82, 2.24) is 10.3 Å². The van der Waals surface area contributed by atoms with Crippen molar-refractivity contribution < 1.29 is 0 Å². The average molecular weight is 300 g/mol. The number of rotatable bonds is 5. The highest BCUT2D eigenvalue weighted by Gasteiger charge is 2.29. The van der Waals surface area contributed by atoms with E-state index >= 15 is 0 Å². The molecule has 2 nitrogen and oxygen atoms in total. The Morgan fingerprint density at radius 1 is 1.24 bits per heavy atom. The summed E-state index contributed by atoms with van der Waals surface area (Å²) in [6.07, 6.45) is 2.59. The first kappa shape index (κ1) is 14.7. The van der Waals surface area contributed by atoms with E-state index in [2.05, 4.69) is 56.6 Å². The zero-order valence-corrected chi connectivity index (χ0v) is 14.1. The third-order valence-electron chi connectivity index (χ3n) is 4.32. The van der Waals surface area contributed by atoms with Crippen molar-refractivity contribution in [2.24, 2.45) is 0 Å². The Morgan fingerprint density at radius 2 is 2.00 bits per heavy atom. The number of benzene rings is 1. The van der Waals surface area contributed by atoms with E-state index in [0.29, 0.717) is 12.0 Å².